The zero-order valence-corrected chi connectivity index (χ0v) is 14.4. The van der Waals surface area contributed by atoms with Crippen molar-refractivity contribution < 1.29 is 9.59 Å². The summed E-state index contributed by atoms with van der Waals surface area (Å²) in [7, 11) is 0. The highest BCUT2D eigenvalue weighted by Gasteiger charge is 2.49. The Kier molecular flexibility index (Phi) is 4.83. The lowest BCUT2D eigenvalue weighted by Crippen LogP contribution is -2.42. The highest BCUT2D eigenvalue weighted by atomic mass is 35.5. The van der Waals surface area contributed by atoms with Crippen molar-refractivity contribution in [3.63, 3.8) is 0 Å². The molecular weight excluding hydrogens is 326 g/mol. The van der Waals surface area contributed by atoms with Crippen LogP contribution in [0.2, 0.25) is 0 Å². The van der Waals surface area contributed by atoms with Gasteiger partial charge in [0.25, 0.3) is 0 Å². The van der Waals surface area contributed by atoms with Gasteiger partial charge in [0, 0.05) is 30.4 Å². The number of hydrogen-bond acceptors (Lipinski definition) is 3. The Labute approximate surface area is 148 Å². The van der Waals surface area contributed by atoms with Crippen molar-refractivity contribution in [1.82, 2.24) is 0 Å². The van der Waals surface area contributed by atoms with Crippen LogP contribution in [0.5, 0.6) is 0 Å². The average molecular weight is 350 g/mol. The van der Waals surface area contributed by atoms with Gasteiger partial charge in [0.15, 0.2) is 0 Å². The minimum Gasteiger partial charge on any atom is -0.327 e. The second-order valence-electron chi connectivity index (χ2n) is 7.12. The number of nitrogens with zero attached hydrogens (tertiary/aromatic N) is 1. The summed E-state index contributed by atoms with van der Waals surface area (Å²) >= 11 is 0. The summed E-state index contributed by atoms with van der Waals surface area (Å²) in [6, 6.07) is 7.57. The molecule has 4 atom stereocenters. The van der Waals surface area contributed by atoms with Crippen LogP contribution in [0, 0.1) is 17.8 Å². The molecule has 3 fully saturated rings. The molecule has 3 N–H and O–H groups in total. The minimum absolute atomic E-state index is 0. The number of benzene rings is 1. The quantitative estimate of drug-likeness (QED) is 0.880. The Balaban J connectivity index is 0.00000169. The molecule has 4 unspecified atom stereocenters. The number of rotatable bonds is 3. The summed E-state index contributed by atoms with van der Waals surface area (Å²) in [5.74, 6) is 1.09. The molecule has 5 nitrogen and oxygen atoms in total. The van der Waals surface area contributed by atoms with Crippen molar-refractivity contribution in [3.05, 3.63) is 24.3 Å². The summed E-state index contributed by atoms with van der Waals surface area (Å²) < 4.78 is 0. The maximum Gasteiger partial charge on any atom is 0.229 e. The first-order valence-corrected chi connectivity index (χ1v) is 8.60. The Bertz CT molecular complexity index is 649. The van der Waals surface area contributed by atoms with Gasteiger partial charge in [-0.1, -0.05) is 6.07 Å². The molecule has 0 spiro atoms. The first kappa shape index (κ1) is 17.2. The fraction of sp³-hybridized carbons (Fsp3) is 0.556. The van der Waals surface area contributed by atoms with Crippen LogP contribution in [0.3, 0.4) is 0 Å². The summed E-state index contributed by atoms with van der Waals surface area (Å²) in [5.41, 5.74) is 7.87. The third-order valence-electron chi connectivity index (χ3n) is 5.78. The van der Waals surface area contributed by atoms with E-state index in [0.29, 0.717) is 18.3 Å². The van der Waals surface area contributed by atoms with Gasteiger partial charge in [0.05, 0.1) is 5.92 Å². The third kappa shape index (κ3) is 2.91. The average Bonchev–Trinajstić information content (AvgIpc) is 3.23. The molecule has 1 aliphatic heterocycles. The van der Waals surface area contributed by atoms with Gasteiger partial charge in [-0.15, -0.1) is 12.4 Å². The van der Waals surface area contributed by atoms with Gasteiger partial charge in [-0.3, -0.25) is 9.59 Å². The molecule has 2 saturated carbocycles. The van der Waals surface area contributed by atoms with Crippen molar-refractivity contribution in [2.24, 2.45) is 23.5 Å². The van der Waals surface area contributed by atoms with Gasteiger partial charge in [0.1, 0.15) is 0 Å². The number of carbonyl (C=O) groups is 2. The van der Waals surface area contributed by atoms with E-state index < -0.39 is 0 Å². The smallest absolute Gasteiger partial charge is 0.229 e. The Hall–Kier alpha value is -1.59. The molecule has 24 heavy (non-hydrogen) atoms. The first-order valence-electron chi connectivity index (χ1n) is 8.60. The van der Waals surface area contributed by atoms with Crippen molar-refractivity contribution in [1.29, 1.82) is 0 Å². The number of anilines is 2. The SMILES string of the molecule is Cl.NC1C2CCC(C2)C1C(=O)Nc1cccc(N2CCCC2=O)c1. The fourth-order valence-corrected chi connectivity index (χ4v) is 4.62. The number of nitrogens with two attached hydrogens (primary N) is 1. The molecule has 3 aliphatic rings. The van der Waals surface area contributed by atoms with Gasteiger partial charge in [-0.25, -0.2) is 0 Å². The molecule has 4 rings (SSSR count). The molecule has 1 saturated heterocycles. The maximum absolute atomic E-state index is 12.6. The van der Waals surface area contributed by atoms with Crippen LogP contribution >= 0.6 is 12.4 Å². The molecular formula is C18H24ClN3O2. The van der Waals surface area contributed by atoms with Gasteiger partial charge in [0.2, 0.25) is 11.8 Å². The lowest BCUT2D eigenvalue weighted by Gasteiger charge is -2.27. The van der Waals surface area contributed by atoms with E-state index in [4.69, 9.17) is 5.73 Å². The van der Waals surface area contributed by atoms with E-state index in [-0.39, 0.29) is 36.2 Å². The van der Waals surface area contributed by atoms with Gasteiger partial charge in [-0.2, -0.15) is 0 Å². The van der Waals surface area contributed by atoms with E-state index in [9.17, 15) is 9.59 Å². The number of halogens is 1. The summed E-state index contributed by atoms with van der Waals surface area (Å²) in [4.78, 5) is 26.3. The monoisotopic (exact) mass is 349 g/mol. The lowest BCUT2D eigenvalue weighted by molar-refractivity contribution is -0.121. The molecule has 0 radical (unpaired) electrons. The van der Waals surface area contributed by atoms with E-state index in [1.807, 2.05) is 24.3 Å². The number of hydrogen-bond donors (Lipinski definition) is 2. The second kappa shape index (κ2) is 6.73. The summed E-state index contributed by atoms with van der Waals surface area (Å²) in [5, 5.41) is 3.02. The van der Waals surface area contributed by atoms with Crippen LogP contribution in [-0.4, -0.2) is 24.4 Å². The summed E-state index contributed by atoms with van der Waals surface area (Å²) in [6.45, 7) is 0.757. The maximum atomic E-state index is 12.6. The summed E-state index contributed by atoms with van der Waals surface area (Å²) in [6.07, 6.45) is 4.90. The normalized spacial score (nSPS) is 31.2. The van der Waals surface area contributed by atoms with Crippen molar-refractivity contribution in [2.45, 2.75) is 38.1 Å². The second-order valence-corrected chi connectivity index (χ2v) is 7.12. The Morgan fingerprint density at radius 3 is 2.71 bits per heavy atom. The standard InChI is InChI=1S/C18H23N3O2.ClH/c19-17-12-7-6-11(9-12)16(17)18(23)20-13-3-1-4-14(10-13)21-8-2-5-15(21)22;/h1,3-4,10-12,16-17H,2,5-9,19H2,(H,20,23);1H. The van der Waals surface area contributed by atoms with Crippen LogP contribution in [0.4, 0.5) is 11.4 Å². The molecule has 1 aromatic rings. The number of carbonyl (C=O) groups excluding carboxylic acids is 2. The topological polar surface area (TPSA) is 75.4 Å². The highest BCUT2D eigenvalue weighted by molar-refractivity contribution is 5.97. The number of nitrogens with one attached hydrogen (secondary N) is 1. The van der Waals surface area contributed by atoms with Gasteiger partial charge in [-0.05, 0) is 55.7 Å². The first-order chi connectivity index (χ1) is 11.1. The largest absolute Gasteiger partial charge is 0.327 e. The van der Waals surface area contributed by atoms with Crippen LogP contribution in [0.15, 0.2) is 24.3 Å². The van der Waals surface area contributed by atoms with Gasteiger partial charge < -0.3 is 16.0 Å². The van der Waals surface area contributed by atoms with E-state index in [1.54, 1.807) is 4.90 Å². The van der Waals surface area contributed by atoms with Crippen LogP contribution in [0.1, 0.15) is 32.1 Å². The van der Waals surface area contributed by atoms with E-state index >= 15 is 0 Å². The third-order valence-corrected chi connectivity index (χ3v) is 5.78. The predicted octanol–water partition coefficient (Wildman–Crippen LogP) is 2.55. The van der Waals surface area contributed by atoms with Gasteiger partial charge >= 0.3 is 0 Å². The molecule has 1 aromatic carbocycles. The fourth-order valence-electron chi connectivity index (χ4n) is 4.62. The van der Waals surface area contributed by atoms with Crippen molar-refractivity contribution in [3.8, 4) is 0 Å². The van der Waals surface area contributed by atoms with E-state index in [2.05, 4.69) is 5.32 Å². The molecule has 2 bridgehead atoms. The van der Waals surface area contributed by atoms with Crippen molar-refractivity contribution >= 4 is 35.6 Å². The van der Waals surface area contributed by atoms with E-state index in [1.165, 1.54) is 6.42 Å². The predicted molar refractivity (Wildman–Crippen MR) is 96.2 cm³/mol. The van der Waals surface area contributed by atoms with E-state index in [0.717, 1.165) is 37.2 Å². The lowest BCUT2D eigenvalue weighted by atomic mass is 9.84. The zero-order valence-electron chi connectivity index (χ0n) is 13.6. The molecule has 1 heterocycles. The van der Waals surface area contributed by atoms with Crippen LogP contribution in [-0.2, 0) is 9.59 Å². The molecule has 6 heteroatoms. The molecule has 2 amide bonds. The molecule has 2 aliphatic carbocycles. The molecule has 130 valence electrons. The Morgan fingerprint density at radius 1 is 1.25 bits per heavy atom. The Morgan fingerprint density at radius 2 is 2.04 bits per heavy atom. The van der Waals surface area contributed by atoms with Crippen LogP contribution < -0.4 is 16.0 Å². The molecule has 0 aromatic heterocycles. The number of amides is 2. The zero-order chi connectivity index (χ0) is 16.0. The van der Waals surface area contributed by atoms with Crippen molar-refractivity contribution in [2.75, 3.05) is 16.8 Å². The minimum atomic E-state index is -0.0641. The van der Waals surface area contributed by atoms with Crippen LogP contribution in [0.25, 0.3) is 0 Å². The highest BCUT2D eigenvalue weighted by Crippen LogP contribution is 2.47. The number of fused-ring (bicyclic) bond motifs is 2.